The molecule has 4 aromatic rings. The second-order valence-electron chi connectivity index (χ2n) is 11.5. The van der Waals surface area contributed by atoms with Gasteiger partial charge in [0.25, 0.3) is 0 Å². The number of nitrogens with zero attached hydrogens (tertiary/aromatic N) is 3. The van der Waals surface area contributed by atoms with Crippen molar-refractivity contribution in [1.29, 1.82) is 0 Å². The van der Waals surface area contributed by atoms with Gasteiger partial charge in [-0.2, -0.15) is 0 Å². The van der Waals surface area contributed by atoms with Gasteiger partial charge < -0.3 is 20.6 Å². The third-order valence-electron chi connectivity index (χ3n) is 7.59. The summed E-state index contributed by atoms with van der Waals surface area (Å²) < 4.78 is 0. The van der Waals surface area contributed by atoms with Gasteiger partial charge in [-0.1, -0.05) is 44.5 Å². The van der Waals surface area contributed by atoms with Crippen molar-refractivity contribution in [3.05, 3.63) is 65.6 Å². The van der Waals surface area contributed by atoms with Crippen LogP contribution in [0, 0.1) is 18.8 Å². The molecular formula is C31H40N6O3. The summed E-state index contributed by atoms with van der Waals surface area (Å²) in [5.41, 5.74) is 9.52. The van der Waals surface area contributed by atoms with Crippen molar-refractivity contribution >= 4 is 40.5 Å². The molecule has 2 aromatic heterocycles. The molecule has 1 saturated carbocycles. The van der Waals surface area contributed by atoms with Gasteiger partial charge in [0, 0.05) is 24.3 Å². The fraction of sp³-hybridized carbons (Fsp3) is 0.419. The molecule has 9 heteroatoms. The van der Waals surface area contributed by atoms with Crippen molar-refractivity contribution in [3.8, 4) is 0 Å². The molecule has 0 bridgehead atoms. The number of aromatic amines is 2. The number of aromatic nitrogens is 3. The lowest BCUT2D eigenvalue weighted by Crippen LogP contribution is -2.67. The molecule has 9 nitrogen and oxygen atoms in total. The minimum atomic E-state index is 0.217. The molecule has 1 spiro atoms. The molecule has 3 fully saturated rings. The largest absolute Gasteiger partial charge is 0.372 e. The molecule has 2 amide bonds. The summed E-state index contributed by atoms with van der Waals surface area (Å²) in [6.07, 6.45) is 2.68. The van der Waals surface area contributed by atoms with Crippen LogP contribution < -0.4 is 5.73 Å². The van der Waals surface area contributed by atoms with Crippen molar-refractivity contribution < 1.29 is 14.4 Å². The molecule has 1 aliphatic carbocycles. The van der Waals surface area contributed by atoms with Gasteiger partial charge in [0.05, 0.1) is 29.0 Å². The van der Waals surface area contributed by atoms with E-state index < -0.39 is 0 Å². The van der Waals surface area contributed by atoms with E-state index in [1.165, 1.54) is 23.9 Å². The van der Waals surface area contributed by atoms with Crippen molar-refractivity contribution in [2.45, 2.75) is 52.1 Å². The van der Waals surface area contributed by atoms with Gasteiger partial charge in [0.1, 0.15) is 0 Å². The van der Waals surface area contributed by atoms with Crippen molar-refractivity contribution in [3.63, 3.8) is 0 Å². The van der Waals surface area contributed by atoms with Crippen LogP contribution in [-0.4, -0.2) is 75.1 Å². The van der Waals surface area contributed by atoms with Crippen LogP contribution in [0.2, 0.25) is 0 Å². The first-order chi connectivity index (χ1) is 19.1. The summed E-state index contributed by atoms with van der Waals surface area (Å²) in [7, 11) is 2.19. The van der Waals surface area contributed by atoms with E-state index in [0.717, 1.165) is 40.6 Å². The number of piperidine rings is 1. The first-order valence-electron chi connectivity index (χ1n) is 13.8. The summed E-state index contributed by atoms with van der Waals surface area (Å²) in [6.45, 7) is 10.7. The van der Waals surface area contributed by atoms with Crippen LogP contribution >= 0.6 is 0 Å². The fourth-order valence-electron chi connectivity index (χ4n) is 5.89. The van der Waals surface area contributed by atoms with E-state index in [4.69, 9.17) is 4.79 Å². The number of nitrogens with two attached hydrogens (primary N) is 1. The van der Waals surface area contributed by atoms with E-state index in [2.05, 4.69) is 89.5 Å². The fourth-order valence-corrected chi connectivity index (χ4v) is 5.89. The Morgan fingerprint density at radius 3 is 2.45 bits per heavy atom. The number of benzene rings is 2. The molecule has 4 N–H and O–H groups in total. The zero-order valence-electron chi connectivity index (χ0n) is 24.0. The van der Waals surface area contributed by atoms with E-state index in [0.29, 0.717) is 24.6 Å². The normalized spacial score (nSPS) is 22.0. The van der Waals surface area contributed by atoms with Crippen LogP contribution in [0.1, 0.15) is 49.1 Å². The zero-order valence-corrected chi connectivity index (χ0v) is 24.0. The highest BCUT2D eigenvalue weighted by Gasteiger charge is 2.75. The number of likely N-dealkylation sites (tertiary alicyclic amines) is 2. The number of hydrogen-bond acceptors (Lipinski definition) is 5. The number of fused-ring (bicyclic) bond motifs is 2. The number of rotatable bonds is 3. The third kappa shape index (κ3) is 5.94. The summed E-state index contributed by atoms with van der Waals surface area (Å²) in [5, 5.41) is 1.20. The predicted octanol–water partition coefficient (Wildman–Crippen LogP) is 4.07. The standard InChI is InChI=1S/C18H21N3O.C8H6N2O.C4H10.CH3NO/c1-11-3-4-15-12(5-11)6-14(19-15)7-17(22)21-10-16-18(21)8-13(18)9-20(16)2;11-5-8-9-6-3-1-2-4-7(6)10-8;1-4(2)3;2-1-3/h3-6,13,16,19H,7-10H2,1-2H3;1-5H,(H,9,10);4H,1-3H3;1H,(H2,2,3). The van der Waals surface area contributed by atoms with E-state index in [1.807, 2.05) is 24.3 Å². The predicted molar refractivity (Wildman–Crippen MR) is 158 cm³/mol. The number of hydrogen-bond donors (Lipinski definition) is 3. The highest BCUT2D eigenvalue weighted by molar-refractivity contribution is 5.86. The molecule has 7 rings (SSSR count). The quantitative estimate of drug-likeness (QED) is 0.335. The van der Waals surface area contributed by atoms with Gasteiger partial charge in [-0.25, -0.2) is 4.98 Å². The number of para-hydroxylation sites is 2. The van der Waals surface area contributed by atoms with Crippen molar-refractivity contribution in [1.82, 2.24) is 24.8 Å². The highest BCUT2D eigenvalue weighted by atomic mass is 16.2. The number of primary amides is 1. The number of nitrogens with one attached hydrogen (secondary N) is 2. The number of carbonyl (C=O) groups is 3. The van der Waals surface area contributed by atoms with E-state index in [1.54, 1.807) is 0 Å². The SMILES string of the molecule is CC(C)C.Cc1ccc2[nH]c(CC(=O)N3CC4N(C)CC5CC543)cc2c1.NC=O.O=Cc1nc2ccccc2[nH]1. The summed E-state index contributed by atoms with van der Waals surface area (Å²) in [6, 6.07) is 16.6. The molecule has 3 unspecified atom stereocenters. The van der Waals surface area contributed by atoms with Crippen LogP contribution in [0.25, 0.3) is 21.9 Å². The maximum Gasteiger partial charge on any atom is 0.229 e. The Morgan fingerprint density at radius 2 is 1.80 bits per heavy atom. The van der Waals surface area contributed by atoms with Crippen LogP contribution in [0.5, 0.6) is 0 Å². The Morgan fingerprint density at radius 1 is 1.10 bits per heavy atom. The maximum absolute atomic E-state index is 12.7. The Bertz CT molecular complexity index is 1460. The topological polar surface area (TPSA) is 128 Å². The lowest BCUT2D eigenvalue weighted by atomic mass is 9.92. The number of aryl methyl sites for hydroxylation is 1. The summed E-state index contributed by atoms with van der Waals surface area (Å²) in [5.74, 6) is 2.23. The first kappa shape index (κ1) is 29.0. The van der Waals surface area contributed by atoms with Crippen molar-refractivity contribution in [2.75, 3.05) is 20.1 Å². The van der Waals surface area contributed by atoms with Crippen LogP contribution in [0.3, 0.4) is 0 Å². The Labute approximate surface area is 235 Å². The van der Waals surface area contributed by atoms with Crippen molar-refractivity contribution in [2.24, 2.45) is 17.6 Å². The number of H-pyrrole nitrogens is 2. The molecule has 0 radical (unpaired) electrons. The lowest BCUT2D eigenvalue weighted by molar-refractivity contribution is -0.144. The number of aldehydes is 1. The van der Waals surface area contributed by atoms with Gasteiger partial charge in [-0.05, 0) is 67.9 Å². The van der Waals surface area contributed by atoms with Gasteiger partial charge in [-0.3, -0.25) is 19.3 Å². The molecule has 3 atom stereocenters. The summed E-state index contributed by atoms with van der Waals surface area (Å²) in [4.78, 5) is 46.4. The number of amides is 2. The maximum atomic E-state index is 12.7. The van der Waals surface area contributed by atoms with Gasteiger partial charge >= 0.3 is 0 Å². The minimum absolute atomic E-state index is 0.217. The summed E-state index contributed by atoms with van der Waals surface area (Å²) >= 11 is 0. The van der Waals surface area contributed by atoms with Crippen LogP contribution in [0.4, 0.5) is 0 Å². The van der Waals surface area contributed by atoms with E-state index in [9.17, 15) is 9.59 Å². The molecule has 212 valence electrons. The average molecular weight is 545 g/mol. The minimum Gasteiger partial charge on any atom is -0.372 e. The second-order valence-corrected chi connectivity index (χ2v) is 11.5. The number of carbonyl (C=O) groups excluding carboxylic acids is 3. The molecule has 3 aliphatic rings. The Balaban J connectivity index is 0.000000172. The molecule has 4 heterocycles. The highest BCUT2D eigenvalue weighted by Crippen LogP contribution is 2.62. The molecule has 40 heavy (non-hydrogen) atoms. The monoisotopic (exact) mass is 544 g/mol. The number of imidazole rings is 1. The molecule has 2 aliphatic heterocycles. The zero-order chi connectivity index (χ0) is 29.0. The smallest absolute Gasteiger partial charge is 0.229 e. The molecule has 2 aromatic carbocycles. The van der Waals surface area contributed by atoms with Crippen LogP contribution in [0.15, 0.2) is 48.5 Å². The van der Waals surface area contributed by atoms with E-state index >= 15 is 0 Å². The average Bonchev–Trinajstić information content (AvgIpc) is 3.19. The van der Waals surface area contributed by atoms with Gasteiger partial charge in [0.15, 0.2) is 12.1 Å². The molecule has 2 saturated heterocycles. The first-order valence-corrected chi connectivity index (χ1v) is 13.8. The van der Waals surface area contributed by atoms with Gasteiger partial charge in [0.2, 0.25) is 12.3 Å². The Hall–Kier alpha value is -3.98. The number of likely N-dealkylation sites (N-methyl/N-ethyl adjacent to an activating group) is 1. The van der Waals surface area contributed by atoms with E-state index in [-0.39, 0.29) is 17.9 Å². The molecular weight excluding hydrogens is 504 g/mol. The lowest BCUT2D eigenvalue weighted by Gasteiger charge is -2.50. The Kier molecular flexibility index (Phi) is 8.73. The van der Waals surface area contributed by atoms with Crippen LogP contribution in [-0.2, 0) is 16.0 Å². The van der Waals surface area contributed by atoms with Gasteiger partial charge in [-0.15, -0.1) is 0 Å². The third-order valence-corrected chi connectivity index (χ3v) is 7.59. The second kappa shape index (κ2) is 12.0.